The molecule has 0 rings (SSSR count). The third kappa shape index (κ3) is 5.54. The first kappa shape index (κ1) is 8.67. The highest BCUT2D eigenvalue weighted by Crippen LogP contribution is 1.96. The number of aliphatic imine (C=N–C) groups is 1. The highest BCUT2D eigenvalue weighted by Gasteiger charge is 1.91. The van der Waals surface area contributed by atoms with Crippen molar-refractivity contribution in [3.8, 4) is 0 Å². The zero-order chi connectivity index (χ0) is 7.28. The summed E-state index contributed by atoms with van der Waals surface area (Å²) in [7, 11) is 0. The van der Waals surface area contributed by atoms with E-state index in [9.17, 15) is 0 Å². The summed E-state index contributed by atoms with van der Waals surface area (Å²) < 4.78 is 0. The van der Waals surface area contributed by atoms with Crippen molar-refractivity contribution in [3.63, 3.8) is 0 Å². The summed E-state index contributed by atoms with van der Waals surface area (Å²) in [6.45, 7) is 8.56. The van der Waals surface area contributed by atoms with Gasteiger partial charge in [-0.15, -0.1) is 0 Å². The van der Waals surface area contributed by atoms with Crippen molar-refractivity contribution in [3.05, 3.63) is 0 Å². The Morgan fingerprint density at radius 1 is 1.33 bits per heavy atom. The third-order valence-electron chi connectivity index (χ3n) is 1.28. The van der Waals surface area contributed by atoms with Gasteiger partial charge in [0.2, 0.25) is 0 Å². The zero-order valence-electron chi connectivity index (χ0n) is 6.89. The standard InChI is InChI=1S/C8H17N/c1-5-8(4)6-9-7(2)3/h6-8H,5H2,1-4H3. The maximum absolute atomic E-state index is 4.27. The molecule has 0 aliphatic heterocycles. The number of hydrogen-bond acceptors (Lipinski definition) is 1. The molecule has 0 amide bonds. The van der Waals surface area contributed by atoms with E-state index in [0.29, 0.717) is 12.0 Å². The highest BCUT2D eigenvalue weighted by atomic mass is 14.7. The van der Waals surface area contributed by atoms with Gasteiger partial charge in [0.25, 0.3) is 0 Å². The second-order valence-electron chi connectivity index (χ2n) is 2.78. The summed E-state index contributed by atoms with van der Waals surface area (Å²) >= 11 is 0. The summed E-state index contributed by atoms with van der Waals surface area (Å²) in [6.07, 6.45) is 3.24. The van der Waals surface area contributed by atoms with Crippen molar-refractivity contribution in [2.75, 3.05) is 0 Å². The quantitative estimate of drug-likeness (QED) is 0.516. The fourth-order valence-electron chi connectivity index (χ4n) is 0.424. The van der Waals surface area contributed by atoms with Gasteiger partial charge in [-0.05, 0) is 26.2 Å². The first-order valence-corrected chi connectivity index (χ1v) is 3.70. The fourth-order valence-corrected chi connectivity index (χ4v) is 0.424. The van der Waals surface area contributed by atoms with Crippen molar-refractivity contribution in [2.24, 2.45) is 10.9 Å². The van der Waals surface area contributed by atoms with Crippen LogP contribution in [0.1, 0.15) is 34.1 Å². The first-order chi connectivity index (χ1) is 4.16. The van der Waals surface area contributed by atoms with E-state index in [2.05, 4.69) is 32.7 Å². The monoisotopic (exact) mass is 127 g/mol. The molecule has 0 aromatic rings. The van der Waals surface area contributed by atoms with Crippen LogP contribution in [0.25, 0.3) is 0 Å². The normalized spacial score (nSPS) is 15.2. The molecule has 0 aromatic heterocycles. The van der Waals surface area contributed by atoms with Crippen molar-refractivity contribution in [2.45, 2.75) is 40.2 Å². The number of hydrogen-bond donors (Lipinski definition) is 0. The fraction of sp³-hybridized carbons (Fsp3) is 0.875. The van der Waals surface area contributed by atoms with E-state index in [4.69, 9.17) is 0 Å². The molecule has 0 spiro atoms. The minimum Gasteiger partial charge on any atom is -0.295 e. The molecule has 1 nitrogen and oxygen atoms in total. The summed E-state index contributed by atoms with van der Waals surface area (Å²) in [4.78, 5) is 4.27. The van der Waals surface area contributed by atoms with Crippen LogP contribution in [0.3, 0.4) is 0 Å². The van der Waals surface area contributed by atoms with Crippen molar-refractivity contribution in [1.29, 1.82) is 0 Å². The van der Waals surface area contributed by atoms with Gasteiger partial charge < -0.3 is 0 Å². The molecule has 0 aliphatic carbocycles. The molecule has 0 fully saturated rings. The van der Waals surface area contributed by atoms with Gasteiger partial charge in [0, 0.05) is 12.3 Å². The lowest BCUT2D eigenvalue weighted by Gasteiger charge is -1.99. The van der Waals surface area contributed by atoms with Crippen LogP contribution >= 0.6 is 0 Å². The molecule has 0 N–H and O–H groups in total. The molecule has 54 valence electrons. The Hall–Kier alpha value is -0.330. The van der Waals surface area contributed by atoms with Gasteiger partial charge in [-0.25, -0.2) is 0 Å². The second kappa shape index (κ2) is 4.54. The van der Waals surface area contributed by atoms with E-state index >= 15 is 0 Å². The van der Waals surface area contributed by atoms with Crippen LogP contribution in [0, 0.1) is 5.92 Å². The predicted octanol–water partition coefficient (Wildman–Crippen LogP) is 2.51. The van der Waals surface area contributed by atoms with Gasteiger partial charge >= 0.3 is 0 Å². The summed E-state index contributed by atoms with van der Waals surface area (Å²) in [5.41, 5.74) is 0. The highest BCUT2D eigenvalue weighted by molar-refractivity contribution is 5.60. The van der Waals surface area contributed by atoms with Gasteiger partial charge in [0.1, 0.15) is 0 Å². The van der Waals surface area contributed by atoms with E-state index in [0.717, 1.165) is 0 Å². The topological polar surface area (TPSA) is 12.4 Å². The molecule has 1 atom stereocenters. The van der Waals surface area contributed by atoms with Gasteiger partial charge in [-0.1, -0.05) is 13.8 Å². The Kier molecular flexibility index (Phi) is 4.37. The van der Waals surface area contributed by atoms with E-state index in [-0.39, 0.29) is 0 Å². The van der Waals surface area contributed by atoms with E-state index < -0.39 is 0 Å². The predicted molar refractivity (Wildman–Crippen MR) is 43.1 cm³/mol. The van der Waals surface area contributed by atoms with Crippen molar-refractivity contribution in [1.82, 2.24) is 0 Å². The molecule has 1 unspecified atom stereocenters. The first-order valence-electron chi connectivity index (χ1n) is 3.70. The molecule has 1 heteroatoms. The van der Waals surface area contributed by atoms with Crippen molar-refractivity contribution >= 4 is 6.21 Å². The van der Waals surface area contributed by atoms with Crippen LogP contribution in [-0.4, -0.2) is 12.3 Å². The van der Waals surface area contributed by atoms with Crippen LogP contribution in [0.15, 0.2) is 4.99 Å². The summed E-state index contributed by atoms with van der Waals surface area (Å²) in [5.74, 6) is 0.646. The maximum atomic E-state index is 4.27. The Morgan fingerprint density at radius 2 is 1.89 bits per heavy atom. The van der Waals surface area contributed by atoms with Gasteiger partial charge in [-0.3, -0.25) is 4.99 Å². The zero-order valence-corrected chi connectivity index (χ0v) is 6.89. The second-order valence-corrected chi connectivity index (χ2v) is 2.78. The molecule has 0 heterocycles. The Bertz CT molecular complexity index is 84.6. The van der Waals surface area contributed by atoms with Gasteiger partial charge in [0.05, 0.1) is 0 Å². The SMILES string of the molecule is CCC(C)C=NC(C)C. The van der Waals surface area contributed by atoms with Crippen molar-refractivity contribution < 1.29 is 0 Å². The lowest BCUT2D eigenvalue weighted by atomic mass is 10.1. The van der Waals surface area contributed by atoms with Gasteiger partial charge in [-0.2, -0.15) is 0 Å². The molecule has 0 radical (unpaired) electrons. The minimum atomic E-state index is 0.457. The van der Waals surface area contributed by atoms with Crippen LogP contribution < -0.4 is 0 Å². The Balaban J connectivity index is 3.43. The maximum Gasteiger partial charge on any atom is 0.0439 e. The van der Waals surface area contributed by atoms with Crippen LogP contribution in [0.4, 0.5) is 0 Å². The molecule has 9 heavy (non-hydrogen) atoms. The summed E-state index contributed by atoms with van der Waals surface area (Å²) in [5, 5.41) is 0. The lowest BCUT2D eigenvalue weighted by Crippen LogP contribution is -1.96. The number of nitrogens with zero attached hydrogens (tertiary/aromatic N) is 1. The molecule has 0 bridgehead atoms. The van der Waals surface area contributed by atoms with E-state index in [1.165, 1.54) is 6.42 Å². The largest absolute Gasteiger partial charge is 0.295 e. The minimum absolute atomic E-state index is 0.457. The molecular weight excluding hydrogens is 110 g/mol. The Labute approximate surface area is 58.2 Å². The van der Waals surface area contributed by atoms with E-state index in [1.807, 2.05) is 6.21 Å². The summed E-state index contributed by atoms with van der Waals surface area (Å²) in [6, 6.07) is 0.457. The average Bonchev–Trinajstić information content (AvgIpc) is 1.83. The third-order valence-corrected chi connectivity index (χ3v) is 1.28. The van der Waals surface area contributed by atoms with Crippen LogP contribution in [0.2, 0.25) is 0 Å². The number of rotatable bonds is 3. The molecule has 0 aliphatic rings. The van der Waals surface area contributed by atoms with Crippen LogP contribution in [-0.2, 0) is 0 Å². The molecule has 0 saturated heterocycles. The smallest absolute Gasteiger partial charge is 0.0439 e. The molecule has 0 saturated carbocycles. The van der Waals surface area contributed by atoms with Gasteiger partial charge in [0.15, 0.2) is 0 Å². The lowest BCUT2D eigenvalue weighted by molar-refractivity contribution is 0.736. The molecule has 0 aromatic carbocycles. The van der Waals surface area contributed by atoms with Crippen LogP contribution in [0.5, 0.6) is 0 Å². The Morgan fingerprint density at radius 3 is 2.22 bits per heavy atom. The van der Waals surface area contributed by atoms with E-state index in [1.54, 1.807) is 0 Å². The molecular formula is C8H17N. The average molecular weight is 127 g/mol.